The molecule has 0 saturated carbocycles. The number of aromatic nitrogens is 1. The van der Waals surface area contributed by atoms with Gasteiger partial charge in [0.05, 0.1) is 0 Å². The summed E-state index contributed by atoms with van der Waals surface area (Å²) >= 11 is 5.87. The van der Waals surface area contributed by atoms with E-state index >= 15 is 0 Å². The molecule has 1 unspecified atom stereocenters. The Kier molecular flexibility index (Phi) is 6.19. The lowest BCUT2D eigenvalue weighted by Gasteiger charge is -2.07. The van der Waals surface area contributed by atoms with E-state index in [0.717, 1.165) is 28.6 Å². The van der Waals surface area contributed by atoms with E-state index in [1.54, 1.807) is 18.2 Å². The van der Waals surface area contributed by atoms with Crippen molar-refractivity contribution in [3.05, 3.63) is 89.0 Å². The lowest BCUT2D eigenvalue weighted by Crippen LogP contribution is -2.07. The number of hydrogen-bond donors (Lipinski definition) is 1. The number of anilines is 1. The summed E-state index contributed by atoms with van der Waals surface area (Å²) in [6.45, 7) is 4.39. The Labute approximate surface area is 186 Å². The summed E-state index contributed by atoms with van der Waals surface area (Å²) in [4.78, 5) is 16.8. The zero-order valence-corrected chi connectivity index (χ0v) is 18.2. The van der Waals surface area contributed by atoms with Gasteiger partial charge in [0.15, 0.2) is 5.58 Å². The number of nitrogens with one attached hydrogen (secondary N) is 1. The van der Waals surface area contributed by atoms with Crippen molar-refractivity contribution in [2.45, 2.75) is 26.2 Å². The molecule has 0 spiro atoms. The fourth-order valence-corrected chi connectivity index (χ4v) is 3.36. The van der Waals surface area contributed by atoms with Gasteiger partial charge in [-0.15, -0.1) is 0 Å². The van der Waals surface area contributed by atoms with E-state index in [1.807, 2.05) is 42.5 Å². The third-order valence-electron chi connectivity index (χ3n) is 5.29. The van der Waals surface area contributed by atoms with Crippen molar-refractivity contribution >= 4 is 40.4 Å². The Morgan fingerprint density at radius 1 is 1.10 bits per heavy atom. The molecule has 0 saturated heterocycles. The Balaban J connectivity index is 1.45. The summed E-state index contributed by atoms with van der Waals surface area (Å²) in [6.07, 6.45) is 4.32. The van der Waals surface area contributed by atoms with Crippen LogP contribution in [-0.2, 0) is 4.79 Å². The highest BCUT2D eigenvalue weighted by Crippen LogP contribution is 2.28. The van der Waals surface area contributed by atoms with Crippen molar-refractivity contribution in [2.75, 3.05) is 5.32 Å². The van der Waals surface area contributed by atoms with Gasteiger partial charge >= 0.3 is 0 Å². The van der Waals surface area contributed by atoms with Crippen molar-refractivity contribution in [2.24, 2.45) is 0 Å². The van der Waals surface area contributed by atoms with Gasteiger partial charge in [0, 0.05) is 22.3 Å². The highest BCUT2D eigenvalue weighted by Gasteiger charge is 2.11. The number of fused-ring (bicyclic) bond motifs is 1. The molecule has 0 radical (unpaired) electrons. The lowest BCUT2D eigenvalue weighted by molar-refractivity contribution is -0.111. The Morgan fingerprint density at radius 2 is 1.84 bits per heavy atom. The predicted molar refractivity (Wildman–Crippen MR) is 127 cm³/mol. The molecule has 0 fully saturated rings. The minimum absolute atomic E-state index is 0.206. The molecule has 1 amide bonds. The second-order valence-corrected chi connectivity index (χ2v) is 7.94. The van der Waals surface area contributed by atoms with E-state index < -0.39 is 0 Å². The lowest BCUT2D eigenvalue weighted by atomic mass is 9.98. The minimum atomic E-state index is -0.206. The molecular weight excluding hydrogens is 408 g/mol. The van der Waals surface area contributed by atoms with Gasteiger partial charge in [-0.25, -0.2) is 4.98 Å². The molecule has 4 rings (SSSR count). The van der Waals surface area contributed by atoms with Gasteiger partial charge in [0.2, 0.25) is 11.8 Å². The standard InChI is InChI=1S/C26H23ClN2O2/c1-3-17(2)20-9-14-24-23(16-20)29-26(31-24)19-7-12-22(13-8-19)28-25(30)15-6-18-4-10-21(27)11-5-18/h4-17H,3H2,1-2H3,(H,28,30)/b15-6+. The smallest absolute Gasteiger partial charge is 0.248 e. The predicted octanol–water partition coefficient (Wildman–Crippen LogP) is 7.31. The first-order valence-electron chi connectivity index (χ1n) is 10.3. The zero-order chi connectivity index (χ0) is 21.8. The van der Waals surface area contributed by atoms with Crippen molar-refractivity contribution in [3.8, 4) is 11.5 Å². The van der Waals surface area contributed by atoms with Gasteiger partial charge < -0.3 is 9.73 Å². The van der Waals surface area contributed by atoms with Crippen molar-refractivity contribution < 1.29 is 9.21 Å². The molecule has 0 aliphatic rings. The van der Waals surface area contributed by atoms with Crippen LogP contribution >= 0.6 is 11.6 Å². The van der Waals surface area contributed by atoms with E-state index in [9.17, 15) is 4.79 Å². The molecule has 0 bridgehead atoms. The topological polar surface area (TPSA) is 55.1 Å². The highest BCUT2D eigenvalue weighted by molar-refractivity contribution is 6.30. The van der Waals surface area contributed by atoms with Crippen LogP contribution in [-0.4, -0.2) is 10.9 Å². The van der Waals surface area contributed by atoms with Gasteiger partial charge in [-0.2, -0.15) is 0 Å². The summed E-state index contributed by atoms with van der Waals surface area (Å²) in [6, 6.07) is 20.9. The molecule has 5 heteroatoms. The van der Waals surface area contributed by atoms with Crippen LogP contribution in [0.3, 0.4) is 0 Å². The van der Waals surface area contributed by atoms with Crippen LogP contribution < -0.4 is 5.32 Å². The zero-order valence-electron chi connectivity index (χ0n) is 17.4. The monoisotopic (exact) mass is 430 g/mol. The first-order valence-corrected chi connectivity index (χ1v) is 10.6. The summed E-state index contributed by atoms with van der Waals surface area (Å²) < 4.78 is 5.92. The molecule has 1 aromatic heterocycles. The van der Waals surface area contributed by atoms with Crippen LogP contribution in [0.15, 0.2) is 77.2 Å². The Morgan fingerprint density at radius 3 is 2.55 bits per heavy atom. The average Bonchev–Trinajstić information content (AvgIpc) is 3.22. The van der Waals surface area contributed by atoms with E-state index in [-0.39, 0.29) is 5.91 Å². The maximum atomic E-state index is 12.2. The van der Waals surface area contributed by atoms with E-state index in [4.69, 9.17) is 16.0 Å². The number of carbonyl (C=O) groups excluding carboxylic acids is 1. The number of amides is 1. The molecule has 3 aromatic carbocycles. The third-order valence-corrected chi connectivity index (χ3v) is 5.54. The maximum absolute atomic E-state index is 12.2. The number of benzene rings is 3. The molecule has 0 aliphatic carbocycles. The summed E-state index contributed by atoms with van der Waals surface area (Å²) in [5, 5.41) is 3.52. The number of hydrogen-bond acceptors (Lipinski definition) is 3. The van der Waals surface area contributed by atoms with Crippen LogP contribution in [0.2, 0.25) is 5.02 Å². The minimum Gasteiger partial charge on any atom is -0.436 e. The molecule has 1 atom stereocenters. The van der Waals surface area contributed by atoms with Gasteiger partial charge in [-0.05, 0) is 78.1 Å². The molecule has 1 heterocycles. The second-order valence-electron chi connectivity index (χ2n) is 7.51. The second kappa shape index (κ2) is 9.19. The number of nitrogens with zero attached hydrogens (tertiary/aromatic N) is 1. The average molecular weight is 431 g/mol. The largest absolute Gasteiger partial charge is 0.436 e. The van der Waals surface area contributed by atoms with Gasteiger partial charge in [0.1, 0.15) is 5.52 Å². The van der Waals surface area contributed by atoms with E-state index in [1.165, 1.54) is 11.6 Å². The molecule has 1 N–H and O–H groups in total. The van der Waals surface area contributed by atoms with E-state index in [2.05, 4.69) is 36.3 Å². The number of halogens is 1. The first kappa shape index (κ1) is 20.9. The number of carbonyl (C=O) groups is 1. The van der Waals surface area contributed by atoms with Gasteiger partial charge in [0.25, 0.3) is 0 Å². The third kappa shape index (κ3) is 5.04. The quantitative estimate of drug-likeness (QED) is 0.326. The van der Waals surface area contributed by atoms with Crippen LogP contribution in [0.5, 0.6) is 0 Å². The fraction of sp³-hybridized carbons (Fsp3) is 0.154. The maximum Gasteiger partial charge on any atom is 0.248 e. The van der Waals surface area contributed by atoms with Gasteiger partial charge in [-0.1, -0.05) is 43.6 Å². The Bertz CT molecular complexity index is 1220. The fourth-order valence-electron chi connectivity index (χ4n) is 3.24. The molecule has 156 valence electrons. The summed E-state index contributed by atoms with van der Waals surface area (Å²) in [5.74, 6) is 0.847. The number of oxazole rings is 1. The molecule has 0 aliphatic heterocycles. The van der Waals surface area contributed by atoms with Crippen molar-refractivity contribution in [1.29, 1.82) is 0 Å². The molecular formula is C26H23ClN2O2. The summed E-state index contributed by atoms with van der Waals surface area (Å²) in [7, 11) is 0. The molecule has 31 heavy (non-hydrogen) atoms. The van der Waals surface area contributed by atoms with Crippen LogP contribution in [0.1, 0.15) is 37.3 Å². The number of rotatable bonds is 6. The van der Waals surface area contributed by atoms with Gasteiger partial charge in [-0.3, -0.25) is 4.79 Å². The van der Waals surface area contributed by atoms with E-state index in [0.29, 0.717) is 22.5 Å². The Hall–Kier alpha value is -3.37. The van der Waals surface area contributed by atoms with Crippen LogP contribution in [0.25, 0.3) is 28.6 Å². The molecule has 4 aromatic rings. The first-order chi connectivity index (χ1) is 15.0. The van der Waals surface area contributed by atoms with Crippen LogP contribution in [0, 0.1) is 0 Å². The normalized spacial score (nSPS) is 12.4. The van der Waals surface area contributed by atoms with Crippen molar-refractivity contribution in [1.82, 2.24) is 4.98 Å². The molecule has 4 nitrogen and oxygen atoms in total. The SMILES string of the molecule is CCC(C)c1ccc2oc(-c3ccc(NC(=O)/C=C/c4ccc(Cl)cc4)cc3)nc2c1. The van der Waals surface area contributed by atoms with Crippen LogP contribution in [0.4, 0.5) is 5.69 Å². The highest BCUT2D eigenvalue weighted by atomic mass is 35.5. The summed E-state index contributed by atoms with van der Waals surface area (Å²) in [5.41, 5.74) is 5.35. The van der Waals surface area contributed by atoms with Crippen molar-refractivity contribution in [3.63, 3.8) is 0 Å².